The van der Waals surface area contributed by atoms with Crippen LogP contribution in [-0.4, -0.2) is 31.4 Å². The molecule has 0 unspecified atom stereocenters. The number of nitrogens with zero attached hydrogens (tertiary/aromatic N) is 1. The Labute approximate surface area is 103 Å². The van der Waals surface area contributed by atoms with Gasteiger partial charge in [-0.15, -0.1) is 0 Å². The van der Waals surface area contributed by atoms with Crippen molar-refractivity contribution in [3.63, 3.8) is 0 Å². The van der Waals surface area contributed by atoms with Crippen molar-refractivity contribution < 1.29 is 4.74 Å². The molecule has 0 spiro atoms. The van der Waals surface area contributed by atoms with Crippen molar-refractivity contribution in [2.24, 2.45) is 0 Å². The fourth-order valence-corrected chi connectivity index (χ4v) is 1.62. The van der Waals surface area contributed by atoms with Gasteiger partial charge in [0.2, 0.25) is 0 Å². The van der Waals surface area contributed by atoms with Gasteiger partial charge in [0, 0.05) is 32.5 Å². The summed E-state index contributed by atoms with van der Waals surface area (Å²) in [6.45, 7) is 5.35. The van der Waals surface area contributed by atoms with Crippen molar-refractivity contribution in [2.75, 3.05) is 26.8 Å². The quantitative estimate of drug-likeness (QED) is 0.691. The number of aromatic nitrogens is 1. The molecular formula is C13H22N2O2. The molecule has 4 nitrogen and oxygen atoms in total. The number of nitrogens with one attached hydrogen (secondary N) is 1. The molecule has 0 fully saturated rings. The number of pyridine rings is 1. The van der Waals surface area contributed by atoms with Crippen LogP contribution in [0.2, 0.25) is 0 Å². The van der Waals surface area contributed by atoms with E-state index >= 15 is 0 Å². The molecule has 1 N–H and O–H groups in total. The summed E-state index contributed by atoms with van der Waals surface area (Å²) >= 11 is 0. The second-order valence-electron chi connectivity index (χ2n) is 4.19. The molecule has 0 amide bonds. The SMILES string of the molecule is COCCNCCCCn1ccc(C)cc1=O. The fourth-order valence-electron chi connectivity index (χ4n) is 1.62. The standard InChI is InChI=1S/C13H22N2O2/c1-12-5-9-15(13(16)11-12)8-4-3-6-14-7-10-17-2/h5,9,11,14H,3-4,6-8,10H2,1-2H3. The summed E-state index contributed by atoms with van der Waals surface area (Å²) in [4.78, 5) is 11.6. The third-order valence-electron chi connectivity index (χ3n) is 2.64. The summed E-state index contributed by atoms with van der Waals surface area (Å²) < 4.78 is 6.70. The van der Waals surface area contributed by atoms with Gasteiger partial charge in [-0.05, 0) is 37.9 Å². The van der Waals surface area contributed by atoms with Crippen LogP contribution in [0.15, 0.2) is 23.1 Å². The molecule has 4 heteroatoms. The molecule has 0 aromatic carbocycles. The summed E-state index contributed by atoms with van der Waals surface area (Å²) in [5, 5.41) is 3.28. The van der Waals surface area contributed by atoms with Crippen LogP contribution < -0.4 is 10.9 Å². The first-order chi connectivity index (χ1) is 8.24. The maximum absolute atomic E-state index is 11.6. The summed E-state index contributed by atoms with van der Waals surface area (Å²) in [5.41, 5.74) is 1.12. The zero-order chi connectivity index (χ0) is 12.5. The van der Waals surface area contributed by atoms with E-state index in [1.54, 1.807) is 17.7 Å². The zero-order valence-corrected chi connectivity index (χ0v) is 10.7. The minimum absolute atomic E-state index is 0.0948. The highest BCUT2D eigenvalue weighted by Crippen LogP contribution is 1.95. The molecule has 0 radical (unpaired) electrons. The number of methoxy groups -OCH3 is 1. The highest BCUT2D eigenvalue weighted by molar-refractivity contribution is 5.07. The van der Waals surface area contributed by atoms with Gasteiger partial charge in [0.1, 0.15) is 0 Å². The normalized spacial score (nSPS) is 10.7. The van der Waals surface area contributed by atoms with Crippen LogP contribution >= 0.6 is 0 Å². The van der Waals surface area contributed by atoms with E-state index in [1.165, 1.54) is 0 Å². The van der Waals surface area contributed by atoms with Gasteiger partial charge in [0.05, 0.1) is 6.61 Å². The van der Waals surface area contributed by atoms with Crippen LogP contribution in [0.5, 0.6) is 0 Å². The molecule has 96 valence electrons. The molecule has 0 saturated carbocycles. The Balaban J connectivity index is 2.16. The van der Waals surface area contributed by atoms with Crippen LogP contribution in [-0.2, 0) is 11.3 Å². The summed E-state index contributed by atoms with van der Waals surface area (Å²) in [5.74, 6) is 0. The third kappa shape index (κ3) is 5.65. The Morgan fingerprint density at radius 3 is 2.88 bits per heavy atom. The molecule has 0 aliphatic rings. The molecule has 0 saturated heterocycles. The van der Waals surface area contributed by atoms with E-state index in [0.29, 0.717) is 0 Å². The number of hydrogen-bond donors (Lipinski definition) is 1. The Kier molecular flexibility index (Phi) is 6.58. The van der Waals surface area contributed by atoms with Crippen molar-refractivity contribution in [3.8, 4) is 0 Å². The summed E-state index contributed by atoms with van der Waals surface area (Å²) in [6, 6.07) is 3.65. The van der Waals surface area contributed by atoms with Gasteiger partial charge in [0.25, 0.3) is 5.56 Å². The second kappa shape index (κ2) is 8.03. The molecule has 1 aromatic heterocycles. The van der Waals surface area contributed by atoms with Crippen LogP contribution in [0.4, 0.5) is 0 Å². The molecule has 0 aliphatic heterocycles. The van der Waals surface area contributed by atoms with Gasteiger partial charge in [-0.25, -0.2) is 0 Å². The van der Waals surface area contributed by atoms with Gasteiger partial charge in [-0.2, -0.15) is 0 Å². The highest BCUT2D eigenvalue weighted by atomic mass is 16.5. The second-order valence-corrected chi connectivity index (χ2v) is 4.19. The van der Waals surface area contributed by atoms with E-state index in [4.69, 9.17) is 4.74 Å². The highest BCUT2D eigenvalue weighted by Gasteiger charge is 1.95. The molecule has 1 rings (SSSR count). The predicted molar refractivity (Wildman–Crippen MR) is 69.4 cm³/mol. The summed E-state index contributed by atoms with van der Waals surface area (Å²) in [7, 11) is 1.70. The molecule has 1 heterocycles. The Morgan fingerprint density at radius 2 is 2.18 bits per heavy atom. The van der Waals surface area contributed by atoms with E-state index in [1.807, 2.05) is 19.2 Å². The number of rotatable bonds is 8. The van der Waals surface area contributed by atoms with Gasteiger partial charge in [0.15, 0.2) is 0 Å². The van der Waals surface area contributed by atoms with Crippen molar-refractivity contribution in [3.05, 3.63) is 34.2 Å². The van der Waals surface area contributed by atoms with Crippen LogP contribution in [0.1, 0.15) is 18.4 Å². The van der Waals surface area contributed by atoms with Crippen molar-refractivity contribution in [2.45, 2.75) is 26.3 Å². The minimum atomic E-state index is 0.0948. The van der Waals surface area contributed by atoms with Crippen LogP contribution in [0, 0.1) is 6.92 Å². The molecule has 0 atom stereocenters. The van der Waals surface area contributed by atoms with Crippen molar-refractivity contribution in [1.82, 2.24) is 9.88 Å². The van der Waals surface area contributed by atoms with E-state index in [-0.39, 0.29) is 5.56 Å². The van der Waals surface area contributed by atoms with E-state index in [9.17, 15) is 4.79 Å². The number of ether oxygens (including phenoxy) is 1. The number of unbranched alkanes of at least 4 members (excludes halogenated alkanes) is 1. The van der Waals surface area contributed by atoms with E-state index < -0.39 is 0 Å². The average Bonchev–Trinajstić information content (AvgIpc) is 2.30. The van der Waals surface area contributed by atoms with Crippen LogP contribution in [0.3, 0.4) is 0 Å². The first-order valence-corrected chi connectivity index (χ1v) is 6.11. The van der Waals surface area contributed by atoms with Crippen molar-refractivity contribution >= 4 is 0 Å². The largest absolute Gasteiger partial charge is 0.383 e. The van der Waals surface area contributed by atoms with Crippen molar-refractivity contribution in [1.29, 1.82) is 0 Å². The first kappa shape index (κ1) is 13.9. The van der Waals surface area contributed by atoms with Gasteiger partial charge in [-0.3, -0.25) is 4.79 Å². The minimum Gasteiger partial charge on any atom is -0.383 e. The summed E-state index contributed by atoms with van der Waals surface area (Å²) in [6.07, 6.45) is 3.96. The van der Waals surface area contributed by atoms with Gasteiger partial charge in [-0.1, -0.05) is 0 Å². The Morgan fingerprint density at radius 1 is 1.35 bits per heavy atom. The third-order valence-corrected chi connectivity index (χ3v) is 2.64. The molecular weight excluding hydrogens is 216 g/mol. The average molecular weight is 238 g/mol. The topological polar surface area (TPSA) is 43.3 Å². The fraction of sp³-hybridized carbons (Fsp3) is 0.615. The number of aryl methyl sites for hydroxylation is 2. The van der Waals surface area contributed by atoms with Gasteiger partial charge >= 0.3 is 0 Å². The van der Waals surface area contributed by atoms with E-state index in [0.717, 1.165) is 44.6 Å². The lowest BCUT2D eigenvalue weighted by Gasteiger charge is -2.06. The maximum atomic E-state index is 11.6. The van der Waals surface area contributed by atoms with Gasteiger partial charge < -0.3 is 14.6 Å². The molecule has 1 aromatic rings. The predicted octanol–water partition coefficient (Wildman–Crippen LogP) is 1.17. The lowest BCUT2D eigenvalue weighted by Crippen LogP contribution is -2.22. The monoisotopic (exact) mass is 238 g/mol. The lowest BCUT2D eigenvalue weighted by atomic mass is 10.2. The van der Waals surface area contributed by atoms with Crippen LogP contribution in [0.25, 0.3) is 0 Å². The number of hydrogen-bond acceptors (Lipinski definition) is 3. The lowest BCUT2D eigenvalue weighted by molar-refractivity contribution is 0.199. The molecule has 0 bridgehead atoms. The molecule has 0 aliphatic carbocycles. The zero-order valence-electron chi connectivity index (χ0n) is 10.7. The first-order valence-electron chi connectivity index (χ1n) is 6.11. The maximum Gasteiger partial charge on any atom is 0.250 e. The Hall–Kier alpha value is -1.13. The van der Waals surface area contributed by atoms with E-state index in [2.05, 4.69) is 5.32 Å². The molecule has 17 heavy (non-hydrogen) atoms. The smallest absolute Gasteiger partial charge is 0.250 e. The Bertz CT molecular complexity index is 374.